The Morgan fingerprint density at radius 1 is 1.33 bits per heavy atom. The van der Waals surface area contributed by atoms with Crippen LogP contribution in [0.25, 0.3) is 0 Å². The van der Waals surface area contributed by atoms with Gasteiger partial charge in [0.15, 0.2) is 5.69 Å². The Labute approximate surface area is 105 Å². The van der Waals surface area contributed by atoms with Crippen LogP contribution in [0.4, 0.5) is 5.95 Å². The first-order chi connectivity index (χ1) is 8.74. The lowest BCUT2D eigenvalue weighted by molar-refractivity contribution is 0.0690. The molecule has 1 aliphatic carbocycles. The molecule has 0 radical (unpaired) electrons. The van der Waals surface area contributed by atoms with E-state index in [-0.39, 0.29) is 5.69 Å². The molecular formula is C12H15N3O3. The van der Waals surface area contributed by atoms with Gasteiger partial charge >= 0.3 is 5.97 Å². The van der Waals surface area contributed by atoms with Gasteiger partial charge in [-0.2, -0.15) is 0 Å². The summed E-state index contributed by atoms with van der Waals surface area (Å²) in [4.78, 5) is 21.7. The van der Waals surface area contributed by atoms with Crippen molar-refractivity contribution in [1.82, 2.24) is 9.97 Å². The largest absolute Gasteiger partial charge is 0.477 e. The highest BCUT2D eigenvalue weighted by atomic mass is 16.5. The molecule has 96 valence electrons. The van der Waals surface area contributed by atoms with E-state index in [0.29, 0.717) is 38.2 Å². The van der Waals surface area contributed by atoms with Gasteiger partial charge in [-0.1, -0.05) is 0 Å². The summed E-state index contributed by atoms with van der Waals surface area (Å²) < 4.78 is 5.28. The zero-order chi connectivity index (χ0) is 12.5. The SMILES string of the molecule is O=C(O)c1cc(C2CC2)nc(N2CCOCC2)n1. The molecule has 0 amide bonds. The van der Waals surface area contributed by atoms with Gasteiger partial charge in [0.25, 0.3) is 0 Å². The summed E-state index contributed by atoms with van der Waals surface area (Å²) in [5.74, 6) is -0.0419. The van der Waals surface area contributed by atoms with Crippen molar-refractivity contribution < 1.29 is 14.6 Å². The second-order valence-electron chi connectivity index (χ2n) is 4.66. The van der Waals surface area contributed by atoms with Crippen molar-refractivity contribution in [2.45, 2.75) is 18.8 Å². The van der Waals surface area contributed by atoms with E-state index in [1.807, 2.05) is 4.90 Å². The van der Waals surface area contributed by atoms with E-state index >= 15 is 0 Å². The van der Waals surface area contributed by atoms with E-state index < -0.39 is 5.97 Å². The van der Waals surface area contributed by atoms with E-state index in [2.05, 4.69) is 9.97 Å². The van der Waals surface area contributed by atoms with Crippen LogP contribution in [0.1, 0.15) is 34.9 Å². The summed E-state index contributed by atoms with van der Waals surface area (Å²) in [6.07, 6.45) is 2.19. The van der Waals surface area contributed by atoms with Crippen molar-refractivity contribution >= 4 is 11.9 Å². The molecule has 0 atom stereocenters. The molecule has 2 aliphatic rings. The molecular weight excluding hydrogens is 234 g/mol. The molecule has 0 aromatic carbocycles. The van der Waals surface area contributed by atoms with Gasteiger partial charge < -0.3 is 14.7 Å². The average Bonchev–Trinajstić information content (AvgIpc) is 3.23. The minimum Gasteiger partial charge on any atom is -0.477 e. The van der Waals surface area contributed by atoms with Crippen LogP contribution in [0.2, 0.25) is 0 Å². The Kier molecular flexibility index (Phi) is 2.87. The third kappa shape index (κ3) is 2.28. The lowest BCUT2D eigenvalue weighted by Crippen LogP contribution is -2.37. The fraction of sp³-hybridized carbons (Fsp3) is 0.583. The molecule has 0 bridgehead atoms. The molecule has 6 nitrogen and oxygen atoms in total. The normalized spacial score (nSPS) is 19.9. The summed E-state index contributed by atoms with van der Waals surface area (Å²) in [6.45, 7) is 2.71. The van der Waals surface area contributed by atoms with Crippen molar-refractivity contribution in [3.8, 4) is 0 Å². The van der Waals surface area contributed by atoms with Crippen molar-refractivity contribution in [1.29, 1.82) is 0 Å². The van der Waals surface area contributed by atoms with Gasteiger partial charge in [0.05, 0.1) is 13.2 Å². The second-order valence-corrected chi connectivity index (χ2v) is 4.66. The number of carbonyl (C=O) groups is 1. The molecule has 0 spiro atoms. The first kappa shape index (κ1) is 11.4. The number of ether oxygens (including phenoxy) is 1. The quantitative estimate of drug-likeness (QED) is 0.857. The second kappa shape index (κ2) is 4.53. The number of carboxylic acids is 1. The van der Waals surface area contributed by atoms with Crippen LogP contribution < -0.4 is 4.90 Å². The molecule has 1 aromatic rings. The number of aromatic nitrogens is 2. The zero-order valence-electron chi connectivity index (χ0n) is 10.0. The molecule has 1 aliphatic heterocycles. The number of anilines is 1. The van der Waals surface area contributed by atoms with Gasteiger partial charge in [0.1, 0.15) is 0 Å². The van der Waals surface area contributed by atoms with Crippen molar-refractivity contribution in [2.75, 3.05) is 31.2 Å². The summed E-state index contributed by atoms with van der Waals surface area (Å²) in [5, 5.41) is 9.10. The zero-order valence-corrected chi connectivity index (χ0v) is 10.0. The molecule has 1 saturated heterocycles. The van der Waals surface area contributed by atoms with Gasteiger partial charge in [0, 0.05) is 24.7 Å². The molecule has 6 heteroatoms. The van der Waals surface area contributed by atoms with E-state index in [9.17, 15) is 4.79 Å². The standard InChI is InChI=1S/C12H15N3O3/c16-11(17)10-7-9(8-1-2-8)13-12(14-10)15-3-5-18-6-4-15/h7-8H,1-6H2,(H,16,17). The van der Waals surface area contributed by atoms with Crippen LogP contribution in [-0.2, 0) is 4.74 Å². The van der Waals surface area contributed by atoms with E-state index in [1.54, 1.807) is 6.07 Å². The minimum absolute atomic E-state index is 0.0911. The van der Waals surface area contributed by atoms with Crippen LogP contribution in [0.3, 0.4) is 0 Å². The Morgan fingerprint density at radius 3 is 2.67 bits per heavy atom. The maximum Gasteiger partial charge on any atom is 0.354 e. The summed E-state index contributed by atoms with van der Waals surface area (Å²) in [6, 6.07) is 1.60. The van der Waals surface area contributed by atoms with Gasteiger partial charge in [-0.3, -0.25) is 0 Å². The van der Waals surface area contributed by atoms with Crippen LogP contribution in [0.5, 0.6) is 0 Å². The molecule has 1 N–H and O–H groups in total. The predicted octanol–water partition coefficient (Wildman–Crippen LogP) is 0.889. The number of carboxylic acid groups (broad SMARTS) is 1. The molecule has 1 saturated carbocycles. The van der Waals surface area contributed by atoms with Crippen molar-refractivity contribution in [2.24, 2.45) is 0 Å². The van der Waals surface area contributed by atoms with Gasteiger partial charge in [-0.25, -0.2) is 14.8 Å². The fourth-order valence-corrected chi connectivity index (χ4v) is 2.06. The Bertz CT molecular complexity index is 468. The molecule has 1 aromatic heterocycles. The van der Waals surface area contributed by atoms with Crippen molar-refractivity contribution in [3.63, 3.8) is 0 Å². The topological polar surface area (TPSA) is 75.5 Å². The maximum atomic E-state index is 11.1. The number of aromatic carboxylic acids is 1. The van der Waals surface area contributed by atoms with Crippen LogP contribution in [-0.4, -0.2) is 47.3 Å². The summed E-state index contributed by atoms with van der Waals surface area (Å²) in [7, 11) is 0. The number of morpholine rings is 1. The summed E-state index contributed by atoms with van der Waals surface area (Å²) >= 11 is 0. The first-order valence-electron chi connectivity index (χ1n) is 6.19. The highest BCUT2D eigenvalue weighted by Gasteiger charge is 2.28. The number of hydrogen-bond donors (Lipinski definition) is 1. The molecule has 0 unspecified atom stereocenters. The smallest absolute Gasteiger partial charge is 0.354 e. The Hall–Kier alpha value is -1.69. The Balaban J connectivity index is 1.93. The maximum absolute atomic E-state index is 11.1. The highest BCUT2D eigenvalue weighted by Crippen LogP contribution is 2.39. The van der Waals surface area contributed by atoms with Gasteiger partial charge in [-0.15, -0.1) is 0 Å². The lowest BCUT2D eigenvalue weighted by Gasteiger charge is -2.27. The average molecular weight is 249 g/mol. The Morgan fingerprint density at radius 2 is 2.06 bits per heavy atom. The molecule has 2 fully saturated rings. The van der Waals surface area contributed by atoms with Crippen LogP contribution in [0.15, 0.2) is 6.07 Å². The van der Waals surface area contributed by atoms with Crippen molar-refractivity contribution in [3.05, 3.63) is 17.5 Å². The van der Waals surface area contributed by atoms with E-state index in [1.165, 1.54) is 0 Å². The predicted molar refractivity (Wildman–Crippen MR) is 64.0 cm³/mol. The molecule has 2 heterocycles. The molecule has 18 heavy (non-hydrogen) atoms. The van der Waals surface area contributed by atoms with Crippen LogP contribution >= 0.6 is 0 Å². The number of nitrogens with zero attached hydrogens (tertiary/aromatic N) is 3. The highest BCUT2D eigenvalue weighted by molar-refractivity contribution is 5.85. The monoisotopic (exact) mass is 249 g/mol. The lowest BCUT2D eigenvalue weighted by atomic mass is 10.2. The third-order valence-electron chi connectivity index (χ3n) is 3.24. The third-order valence-corrected chi connectivity index (χ3v) is 3.24. The first-order valence-corrected chi connectivity index (χ1v) is 6.19. The van der Waals surface area contributed by atoms with E-state index in [4.69, 9.17) is 9.84 Å². The van der Waals surface area contributed by atoms with E-state index in [0.717, 1.165) is 18.5 Å². The van der Waals surface area contributed by atoms with Crippen LogP contribution in [0, 0.1) is 0 Å². The minimum atomic E-state index is -0.992. The van der Waals surface area contributed by atoms with Gasteiger partial charge in [0.2, 0.25) is 5.95 Å². The number of hydrogen-bond acceptors (Lipinski definition) is 5. The fourth-order valence-electron chi connectivity index (χ4n) is 2.06. The summed E-state index contributed by atoms with van der Waals surface area (Å²) in [5.41, 5.74) is 0.956. The molecule has 3 rings (SSSR count). The van der Waals surface area contributed by atoms with Gasteiger partial charge in [-0.05, 0) is 18.9 Å². The number of rotatable bonds is 3.